The third kappa shape index (κ3) is 6.09. The molecule has 0 radical (unpaired) electrons. The van der Waals surface area contributed by atoms with E-state index in [1.54, 1.807) is 0 Å². The van der Waals surface area contributed by atoms with Crippen LogP contribution in [-0.4, -0.2) is 60.6 Å². The van der Waals surface area contributed by atoms with Crippen molar-refractivity contribution in [3.05, 3.63) is 0 Å². The first kappa shape index (κ1) is 15.1. The highest BCUT2D eigenvalue weighted by Gasteiger charge is 2.15. The highest BCUT2D eigenvalue weighted by molar-refractivity contribution is 5.84. The summed E-state index contributed by atoms with van der Waals surface area (Å²) in [6, 6.07) is -0.634. The van der Waals surface area contributed by atoms with Gasteiger partial charge in [0.2, 0.25) is 0 Å². The van der Waals surface area contributed by atoms with E-state index in [-0.39, 0.29) is 18.6 Å². The number of nitrogens with zero attached hydrogens (tertiary/aromatic N) is 1. The lowest BCUT2D eigenvalue weighted by atomic mass is 10.0. The fourth-order valence-corrected chi connectivity index (χ4v) is 1.93. The number of carboxylic acid groups (broad SMARTS) is 1. The van der Waals surface area contributed by atoms with E-state index in [1.165, 1.54) is 0 Å². The van der Waals surface area contributed by atoms with Crippen molar-refractivity contribution in [2.24, 2.45) is 5.73 Å². The van der Waals surface area contributed by atoms with E-state index in [2.05, 4.69) is 4.90 Å². The Morgan fingerprint density at radius 3 is 2.56 bits per heavy atom. The average Bonchev–Trinajstić information content (AvgIpc) is 2.37. The van der Waals surface area contributed by atoms with Crippen LogP contribution in [0.15, 0.2) is 0 Å². The average molecular weight is 258 g/mol. The van der Waals surface area contributed by atoms with Crippen molar-refractivity contribution in [1.29, 1.82) is 0 Å². The molecule has 6 nitrogen and oxygen atoms in total. The van der Waals surface area contributed by atoms with Crippen LogP contribution in [0.3, 0.4) is 0 Å². The van der Waals surface area contributed by atoms with Crippen LogP contribution in [-0.2, 0) is 14.3 Å². The van der Waals surface area contributed by atoms with Crippen LogP contribution in [0.4, 0.5) is 0 Å². The second-order valence-electron chi connectivity index (χ2n) is 4.56. The largest absolute Gasteiger partial charge is 0.481 e. The summed E-state index contributed by atoms with van der Waals surface area (Å²) in [5.41, 5.74) is 5.64. The summed E-state index contributed by atoms with van der Waals surface area (Å²) in [5, 5.41) is 8.51. The molecule has 0 aromatic rings. The molecule has 1 heterocycles. The van der Waals surface area contributed by atoms with E-state index in [0.717, 1.165) is 39.3 Å². The Morgan fingerprint density at radius 2 is 1.94 bits per heavy atom. The summed E-state index contributed by atoms with van der Waals surface area (Å²) in [7, 11) is 0. The first-order chi connectivity index (χ1) is 8.59. The van der Waals surface area contributed by atoms with Crippen LogP contribution in [0.25, 0.3) is 0 Å². The molecule has 0 aromatic carbocycles. The number of morpholine rings is 1. The monoisotopic (exact) mass is 258 g/mol. The van der Waals surface area contributed by atoms with Gasteiger partial charge in [0.15, 0.2) is 0 Å². The minimum absolute atomic E-state index is 0.0375. The summed E-state index contributed by atoms with van der Waals surface area (Å²) in [5.74, 6) is -0.948. The lowest BCUT2D eigenvalue weighted by molar-refractivity contribution is -0.137. The van der Waals surface area contributed by atoms with Gasteiger partial charge >= 0.3 is 5.97 Å². The van der Waals surface area contributed by atoms with E-state index < -0.39 is 12.0 Å². The molecule has 1 atom stereocenters. The van der Waals surface area contributed by atoms with Crippen LogP contribution in [0, 0.1) is 0 Å². The quantitative estimate of drug-likeness (QED) is 0.629. The van der Waals surface area contributed by atoms with Crippen LogP contribution in [0.1, 0.15) is 25.7 Å². The molecule has 1 fully saturated rings. The molecule has 0 bridgehead atoms. The van der Waals surface area contributed by atoms with Gasteiger partial charge < -0.3 is 15.6 Å². The van der Waals surface area contributed by atoms with E-state index in [1.807, 2.05) is 0 Å². The Morgan fingerprint density at radius 1 is 1.28 bits per heavy atom. The number of aliphatic carboxylic acids is 1. The van der Waals surface area contributed by atoms with Crippen molar-refractivity contribution in [2.45, 2.75) is 31.7 Å². The van der Waals surface area contributed by atoms with Gasteiger partial charge in [-0.2, -0.15) is 0 Å². The van der Waals surface area contributed by atoms with Gasteiger partial charge in [-0.15, -0.1) is 0 Å². The minimum atomic E-state index is -0.911. The van der Waals surface area contributed by atoms with Crippen molar-refractivity contribution in [1.82, 2.24) is 4.90 Å². The van der Waals surface area contributed by atoms with E-state index in [0.29, 0.717) is 6.42 Å². The zero-order valence-electron chi connectivity index (χ0n) is 10.6. The Kier molecular flexibility index (Phi) is 6.85. The number of Topliss-reactive ketones (excluding diaryl/α,β-unsaturated/α-hetero) is 1. The number of ketones is 1. The van der Waals surface area contributed by atoms with Gasteiger partial charge in [0, 0.05) is 25.9 Å². The van der Waals surface area contributed by atoms with Crippen molar-refractivity contribution >= 4 is 11.8 Å². The molecule has 104 valence electrons. The van der Waals surface area contributed by atoms with E-state index in [4.69, 9.17) is 15.6 Å². The lowest BCUT2D eigenvalue weighted by Crippen LogP contribution is -2.37. The number of nitrogens with two attached hydrogens (primary N) is 1. The van der Waals surface area contributed by atoms with E-state index in [9.17, 15) is 9.59 Å². The first-order valence-electron chi connectivity index (χ1n) is 6.40. The van der Waals surface area contributed by atoms with Crippen LogP contribution in [0.2, 0.25) is 0 Å². The second-order valence-corrected chi connectivity index (χ2v) is 4.56. The third-order valence-corrected chi connectivity index (χ3v) is 3.08. The van der Waals surface area contributed by atoms with Crippen LogP contribution < -0.4 is 5.73 Å². The Labute approximate surface area is 107 Å². The number of carbonyl (C=O) groups is 2. The molecule has 0 aliphatic carbocycles. The molecule has 0 spiro atoms. The van der Waals surface area contributed by atoms with Crippen LogP contribution in [0.5, 0.6) is 0 Å². The Balaban J connectivity index is 2.09. The van der Waals surface area contributed by atoms with Crippen molar-refractivity contribution < 1.29 is 19.4 Å². The number of ether oxygens (including phenoxy) is 1. The zero-order valence-corrected chi connectivity index (χ0v) is 10.6. The minimum Gasteiger partial charge on any atom is -0.481 e. The molecular formula is C12H22N2O4. The molecule has 1 rings (SSSR count). The molecule has 1 saturated heterocycles. The molecule has 6 heteroatoms. The second kappa shape index (κ2) is 8.18. The molecule has 1 aliphatic heterocycles. The summed E-state index contributed by atoms with van der Waals surface area (Å²) in [6.45, 7) is 4.22. The summed E-state index contributed by atoms with van der Waals surface area (Å²) >= 11 is 0. The number of rotatable bonds is 8. The highest BCUT2D eigenvalue weighted by Crippen LogP contribution is 2.04. The zero-order chi connectivity index (χ0) is 13.4. The number of carbonyl (C=O) groups excluding carboxylic acids is 1. The summed E-state index contributed by atoms with van der Waals surface area (Å²) in [4.78, 5) is 24.3. The summed E-state index contributed by atoms with van der Waals surface area (Å²) in [6.07, 6.45) is 1.39. The van der Waals surface area contributed by atoms with Gasteiger partial charge in [-0.25, -0.2) is 0 Å². The van der Waals surface area contributed by atoms with Crippen molar-refractivity contribution in [3.8, 4) is 0 Å². The van der Waals surface area contributed by atoms with Crippen LogP contribution >= 0.6 is 0 Å². The topological polar surface area (TPSA) is 92.9 Å². The molecule has 0 saturated carbocycles. The van der Waals surface area contributed by atoms with Gasteiger partial charge in [0.1, 0.15) is 5.78 Å². The summed E-state index contributed by atoms with van der Waals surface area (Å²) < 4.78 is 5.24. The molecule has 18 heavy (non-hydrogen) atoms. The number of carboxylic acids is 1. The number of hydrogen-bond acceptors (Lipinski definition) is 5. The maximum atomic E-state index is 11.6. The molecule has 0 unspecified atom stereocenters. The standard InChI is InChI=1S/C12H22N2O4/c13-10(3-4-12(16)17)11(15)2-1-5-14-6-8-18-9-7-14/h10H,1-9,13H2,(H,16,17)/t10-/m0/s1. The van der Waals surface area contributed by atoms with Crippen molar-refractivity contribution in [2.75, 3.05) is 32.8 Å². The predicted octanol–water partition coefficient (Wildman–Crippen LogP) is -0.140. The maximum absolute atomic E-state index is 11.6. The molecule has 1 aliphatic rings. The normalized spacial score (nSPS) is 18.5. The highest BCUT2D eigenvalue weighted by atomic mass is 16.5. The SMILES string of the molecule is N[C@@H](CCC(=O)O)C(=O)CCCN1CCOCC1. The fraction of sp³-hybridized carbons (Fsp3) is 0.833. The third-order valence-electron chi connectivity index (χ3n) is 3.08. The molecular weight excluding hydrogens is 236 g/mol. The van der Waals surface area contributed by atoms with Gasteiger partial charge in [-0.05, 0) is 19.4 Å². The molecule has 0 amide bonds. The lowest BCUT2D eigenvalue weighted by Gasteiger charge is -2.26. The fourth-order valence-electron chi connectivity index (χ4n) is 1.93. The van der Waals surface area contributed by atoms with Gasteiger partial charge in [0.25, 0.3) is 0 Å². The Hall–Kier alpha value is -0.980. The Bertz CT molecular complexity index is 277. The number of hydrogen-bond donors (Lipinski definition) is 2. The molecule has 3 N–H and O–H groups in total. The van der Waals surface area contributed by atoms with Crippen molar-refractivity contribution in [3.63, 3.8) is 0 Å². The first-order valence-corrected chi connectivity index (χ1v) is 6.40. The van der Waals surface area contributed by atoms with Gasteiger partial charge in [-0.1, -0.05) is 0 Å². The molecule has 0 aromatic heterocycles. The van der Waals surface area contributed by atoms with E-state index >= 15 is 0 Å². The van der Waals surface area contributed by atoms with Gasteiger partial charge in [-0.3, -0.25) is 14.5 Å². The predicted molar refractivity (Wildman–Crippen MR) is 66.3 cm³/mol. The maximum Gasteiger partial charge on any atom is 0.303 e. The smallest absolute Gasteiger partial charge is 0.303 e. The van der Waals surface area contributed by atoms with Gasteiger partial charge in [0.05, 0.1) is 19.3 Å².